The third-order valence-corrected chi connectivity index (χ3v) is 9.77. The van der Waals surface area contributed by atoms with Crippen molar-refractivity contribution >= 4 is 24.2 Å². The molecule has 28 heavy (non-hydrogen) atoms. The molecule has 2 saturated carbocycles. The first-order valence-electron chi connectivity index (χ1n) is 10.4. The van der Waals surface area contributed by atoms with Crippen molar-refractivity contribution in [1.82, 2.24) is 14.3 Å². The summed E-state index contributed by atoms with van der Waals surface area (Å²) >= 11 is 0. The maximum Gasteiger partial charge on any atom is 0.304 e. The highest BCUT2D eigenvalue weighted by atomic mass is 32.2. The lowest BCUT2D eigenvalue weighted by molar-refractivity contribution is -0.119. The van der Waals surface area contributed by atoms with E-state index in [0.29, 0.717) is 12.8 Å². The van der Waals surface area contributed by atoms with Gasteiger partial charge in [-0.2, -0.15) is 12.7 Å². The SMILES string of the molecule is C[Si](C)(C)CCCNC1CCC2CC(O)C(N3CC(=O)NS3(=O)=O)C(F)C2C1. The summed E-state index contributed by atoms with van der Waals surface area (Å²) < 4.78 is 42.5. The number of nitrogens with zero attached hydrogens (tertiary/aromatic N) is 1. The van der Waals surface area contributed by atoms with E-state index < -0.39 is 49.1 Å². The number of amides is 1. The standard InChI is InChI=1S/C18H34FN3O4SSi/c1-28(2,3)8-4-7-20-13-6-5-12-9-15(23)18(17(19)14(12)10-13)22-11-16(24)21-27(22,25)26/h12-15,17-18,20,23H,4-11H2,1-3H3,(H,21,24). The predicted octanol–water partition coefficient (Wildman–Crippen LogP) is 1.24. The molecule has 3 aliphatic rings. The molecule has 3 N–H and O–H groups in total. The number of aliphatic hydroxyl groups excluding tert-OH is 1. The van der Waals surface area contributed by atoms with Gasteiger partial charge in [0.25, 0.3) is 0 Å². The number of aliphatic hydroxyl groups is 1. The van der Waals surface area contributed by atoms with Gasteiger partial charge in [0.15, 0.2) is 0 Å². The van der Waals surface area contributed by atoms with Crippen LogP contribution in [0.15, 0.2) is 0 Å². The third-order valence-electron chi connectivity index (χ3n) is 6.44. The fourth-order valence-corrected chi connectivity index (χ4v) is 7.63. The Morgan fingerprint density at radius 1 is 1.29 bits per heavy atom. The number of fused-ring (bicyclic) bond motifs is 1. The number of nitrogens with one attached hydrogen (secondary N) is 2. The van der Waals surface area contributed by atoms with Gasteiger partial charge in [-0.25, -0.2) is 9.11 Å². The van der Waals surface area contributed by atoms with Crippen LogP contribution in [0.1, 0.15) is 32.1 Å². The average Bonchev–Trinajstić information content (AvgIpc) is 2.83. The molecule has 6 atom stereocenters. The Morgan fingerprint density at radius 3 is 2.61 bits per heavy atom. The van der Waals surface area contributed by atoms with Gasteiger partial charge in [-0.1, -0.05) is 25.7 Å². The number of alkyl halides is 1. The Kier molecular flexibility index (Phi) is 6.56. The fourth-order valence-electron chi connectivity index (χ4n) is 5.05. The molecule has 162 valence electrons. The zero-order valence-corrected chi connectivity index (χ0v) is 18.8. The second-order valence-corrected chi connectivity index (χ2v) is 17.1. The highest BCUT2D eigenvalue weighted by Gasteiger charge is 2.53. The molecule has 3 fully saturated rings. The van der Waals surface area contributed by atoms with Crippen molar-refractivity contribution in [3.8, 4) is 0 Å². The van der Waals surface area contributed by atoms with Crippen molar-refractivity contribution in [2.24, 2.45) is 11.8 Å². The maximum absolute atomic E-state index is 15.4. The smallest absolute Gasteiger partial charge is 0.304 e. The van der Waals surface area contributed by atoms with E-state index in [1.54, 1.807) is 0 Å². The van der Waals surface area contributed by atoms with Crippen molar-refractivity contribution in [3.63, 3.8) is 0 Å². The Hall–Kier alpha value is -0.553. The number of rotatable bonds is 6. The van der Waals surface area contributed by atoms with E-state index in [9.17, 15) is 18.3 Å². The summed E-state index contributed by atoms with van der Waals surface area (Å²) in [7, 11) is -5.12. The van der Waals surface area contributed by atoms with Gasteiger partial charge < -0.3 is 10.4 Å². The van der Waals surface area contributed by atoms with Gasteiger partial charge in [0.1, 0.15) is 6.17 Å². The molecule has 1 heterocycles. The van der Waals surface area contributed by atoms with E-state index in [0.717, 1.165) is 30.1 Å². The Morgan fingerprint density at radius 2 is 2.00 bits per heavy atom. The van der Waals surface area contributed by atoms with Gasteiger partial charge in [0, 0.05) is 14.1 Å². The highest BCUT2D eigenvalue weighted by Crippen LogP contribution is 2.44. The average molecular weight is 436 g/mol. The molecule has 2 aliphatic carbocycles. The maximum atomic E-state index is 15.4. The van der Waals surface area contributed by atoms with Crippen LogP contribution < -0.4 is 10.0 Å². The summed E-state index contributed by atoms with van der Waals surface area (Å²) in [4.78, 5) is 11.5. The van der Waals surface area contributed by atoms with Crippen LogP contribution in [0.2, 0.25) is 25.7 Å². The van der Waals surface area contributed by atoms with Crippen LogP contribution in [0.3, 0.4) is 0 Å². The number of carbonyl (C=O) groups excluding carboxylic acids is 1. The molecule has 7 nitrogen and oxygen atoms in total. The topological polar surface area (TPSA) is 98.7 Å². The highest BCUT2D eigenvalue weighted by molar-refractivity contribution is 7.88. The lowest BCUT2D eigenvalue weighted by Crippen LogP contribution is -2.59. The quantitative estimate of drug-likeness (QED) is 0.431. The van der Waals surface area contributed by atoms with Crippen LogP contribution in [0.5, 0.6) is 0 Å². The first kappa shape index (κ1) is 22.1. The third kappa shape index (κ3) is 4.95. The number of halogens is 1. The van der Waals surface area contributed by atoms with Gasteiger partial charge in [-0.15, -0.1) is 0 Å². The molecule has 0 aromatic carbocycles. The molecular formula is C18H34FN3O4SSi. The van der Waals surface area contributed by atoms with E-state index in [1.165, 1.54) is 6.04 Å². The summed E-state index contributed by atoms with van der Waals surface area (Å²) in [6.45, 7) is 7.57. The van der Waals surface area contributed by atoms with Crippen LogP contribution in [0, 0.1) is 11.8 Å². The first-order chi connectivity index (χ1) is 13.0. The van der Waals surface area contributed by atoms with Crippen LogP contribution in [-0.2, 0) is 15.0 Å². The van der Waals surface area contributed by atoms with Crippen LogP contribution in [0.4, 0.5) is 4.39 Å². The van der Waals surface area contributed by atoms with Gasteiger partial charge in [-0.3, -0.25) is 4.79 Å². The minimum absolute atomic E-state index is 0.0650. The Balaban J connectivity index is 1.62. The number of carbonyl (C=O) groups is 1. The summed E-state index contributed by atoms with van der Waals surface area (Å²) in [5, 5.41) is 14.0. The molecular weight excluding hydrogens is 401 g/mol. The monoisotopic (exact) mass is 435 g/mol. The van der Waals surface area contributed by atoms with E-state index in [1.807, 2.05) is 4.72 Å². The van der Waals surface area contributed by atoms with Crippen LogP contribution in [-0.4, -0.2) is 69.3 Å². The second kappa shape index (κ2) is 8.29. The molecule has 1 saturated heterocycles. The molecule has 0 aromatic rings. The summed E-state index contributed by atoms with van der Waals surface area (Å²) in [5.74, 6) is -0.898. The lowest BCUT2D eigenvalue weighted by Gasteiger charge is -2.48. The van der Waals surface area contributed by atoms with Crippen LogP contribution in [0.25, 0.3) is 0 Å². The van der Waals surface area contributed by atoms with Crippen molar-refractivity contribution in [2.45, 2.75) is 82.1 Å². The molecule has 0 aromatic heterocycles. The Bertz CT molecular complexity index is 687. The van der Waals surface area contributed by atoms with E-state index in [-0.39, 0.29) is 17.9 Å². The van der Waals surface area contributed by atoms with Crippen molar-refractivity contribution in [3.05, 3.63) is 0 Å². The first-order valence-corrected chi connectivity index (χ1v) is 15.5. The molecule has 10 heteroatoms. The number of hydrogen-bond donors (Lipinski definition) is 3. The summed E-state index contributed by atoms with van der Waals surface area (Å²) in [6, 6.07) is 0.301. The molecule has 1 amide bonds. The molecule has 1 aliphatic heterocycles. The second-order valence-electron chi connectivity index (χ2n) is 9.87. The van der Waals surface area contributed by atoms with Crippen molar-refractivity contribution in [2.75, 3.05) is 13.1 Å². The summed E-state index contributed by atoms with van der Waals surface area (Å²) in [5.41, 5.74) is 0. The van der Waals surface area contributed by atoms with Gasteiger partial charge in [0.05, 0.1) is 18.7 Å². The van der Waals surface area contributed by atoms with E-state index in [4.69, 9.17) is 0 Å². The molecule has 6 unspecified atom stereocenters. The molecule has 0 radical (unpaired) electrons. The van der Waals surface area contributed by atoms with Crippen molar-refractivity contribution < 1.29 is 22.7 Å². The minimum atomic E-state index is -4.06. The normalized spacial score (nSPS) is 38.8. The minimum Gasteiger partial charge on any atom is -0.391 e. The summed E-state index contributed by atoms with van der Waals surface area (Å²) in [6.07, 6.45) is 1.41. The van der Waals surface area contributed by atoms with E-state index >= 15 is 4.39 Å². The molecule has 0 spiro atoms. The van der Waals surface area contributed by atoms with Gasteiger partial charge >= 0.3 is 10.2 Å². The Labute approximate surface area is 168 Å². The molecule has 0 bridgehead atoms. The molecule has 3 rings (SSSR count). The lowest BCUT2D eigenvalue weighted by atomic mass is 9.66. The number of hydrogen-bond acceptors (Lipinski definition) is 5. The van der Waals surface area contributed by atoms with Crippen molar-refractivity contribution in [1.29, 1.82) is 0 Å². The van der Waals surface area contributed by atoms with Gasteiger partial charge in [-0.05, 0) is 50.5 Å². The zero-order chi connectivity index (χ0) is 20.7. The zero-order valence-electron chi connectivity index (χ0n) is 17.0. The van der Waals surface area contributed by atoms with Crippen LogP contribution >= 0.6 is 0 Å². The largest absolute Gasteiger partial charge is 0.391 e. The van der Waals surface area contributed by atoms with E-state index in [2.05, 4.69) is 25.0 Å². The van der Waals surface area contributed by atoms with Gasteiger partial charge in [0.2, 0.25) is 5.91 Å². The fraction of sp³-hybridized carbons (Fsp3) is 0.944. The predicted molar refractivity (Wildman–Crippen MR) is 108 cm³/mol.